The molecule has 3 atom stereocenters. The van der Waals surface area contributed by atoms with Crippen molar-refractivity contribution in [2.24, 2.45) is 16.8 Å². The van der Waals surface area contributed by atoms with Crippen molar-refractivity contribution in [2.45, 2.75) is 33.3 Å². The van der Waals surface area contributed by atoms with Gasteiger partial charge in [-0.05, 0) is 37.3 Å². The third-order valence-electron chi connectivity index (χ3n) is 4.33. The van der Waals surface area contributed by atoms with Crippen molar-refractivity contribution in [1.29, 1.82) is 0 Å². The minimum atomic E-state index is 0.0117. The number of hydrogen-bond donors (Lipinski definition) is 1. The molecule has 1 aromatic rings. The molecule has 1 aliphatic rings. The van der Waals surface area contributed by atoms with Crippen molar-refractivity contribution >= 4 is 5.96 Å². The molecule has 1 fully saturated rings. The highest BCUT2D eigenvalue weighted by molar-refractivity contribution is 5.80. The van der Waals surface area contributed by atoms with Crippen LogP contribution >= 0.6 is 0 Å². The number of hydrogen-bond acceptors (Lipinski definition) is 3. The molecule has 2 rings (SSSR count). The average molecular weight is 333 g/mol. The van der Waals surface area contributed by atoms with Gasteiger partial charge in [0.2, 0.25) is 0 Å². The smallest absolute Gasteiger partial charge is 0.193 e. The van der Waals surface area contributed by atoms with Crippen molar-refractivity contribution in [2.75, 3.05) is 33.8 Å². The number of methoxy groups -OCH3 is 1. The summed E-state index contributed by atoms with van der Waals surface area (Å²) < 4.78 is 11.3. The lowest BCUT2D eigenvalue weighted by Gasteiger charge is -2.37. The highest BCUT2D eigenvalue weighted by Crippen LogP contribution is 2.26. The SMILES string of the molecule is CN=C(NCC(C)Oc1ccccc1OC)N1CC(C)CC(C)C1. The van der Waals surface area contributed by atoms with Crippen molar-refractivity contribution < 1.29 is 9.47 Å². The monoisotopic (exact) mass is 333 g/mol. The van der Waals surface area contributed by atoms with Gasteiger partial charge in [0, 0.05) is 20.1 Å². The number of para-hydroxylation sites is 2. The Bertz CT molecular complexity index is 537. The topological polar surface area (TPSA) is 46.1 Å². The molecule has 0 bridgehead atoms. The number of aliphatic imine (C=N–C) groups is 1. The standard InChI is InChI=1S/C19H31N3O2/c1-14-10-15(2)13-22(12-14)19(20-4)21-11-16(3)24-18-9-7-6-8-17(18)23-5/h6-9,14-16H,10-13H2,1-5H3,(H,20,21). The van der Waals surface area contributed by atoms with E-state index in [0.29, 0.717) is 18.4 Å². The summed E-state index contributed by atoms with van der Waals surface area (Å²) in [6.45, 7) is 9.49. The second-order valence-corrected chi connectivity index (χ2v) is 6.86. The first-order valence-electron chi connectivity index (χ1n) is 8.78. The molecule has 0 aliphatic carbocycles. The van der Waals surface area contributed by atoms with Crippen LogP contribution in [-0.2, 0) is 0 Å². The fraction of sp³-hybridized carbons (Fsp3) is 0.632. The molecule has 0 amide bonds. The summed E-state index contributed by atoms with van der Waals surface area (Å²) in [6, 6.07) is 7.73. The maximum absolute atomic E-state index is 6.00. The molecule has 0 spiro atoms. The number of piperidine rings is 1. The van der Waals surface area contributed by atoms with Gasteiger partial charge in [0.1, 0.15) is 6.10 Å². The van der Waals surface area contributed by atoms with Gasteiger partial charge in [0.15, 0.2) is 17.5 Å². The van der Waals surface area contributed by atoms with Crippen LogP contribution in [0.4, 0.5) is 0 Å². The molecular weight excluding hydrogens is 302 g/mol. The Morgan fingerprint density at radius 3 is 2.46 bits per heavy atom. The maximum atomic E-state index is 6.00. The van der Waals surface area contributed by atoms with Gasteiger partial charge in [0.25, 0.3) is 0 Å². The Morgan fingerprint density at radius 2 is 1.88 bits per heavy atom. The van der Waals surface area contributed by atoms with Crippen LogP contribution in [0.15, 0.2) is 29.3 Å². The molecule has 1 aromatic carbocycles. The molecule has 24 heavy (non-hydrogen) atoms. The first-order chi connectivity index (χ1) is 11.5. The molecule has 1 N–H and O–H groups in total. The highest BCUT2D eigenvalue weighted by Gasteiger charge is 2.24. The van der Waals surface area contributed by atoms with Crippen LogP contribution in [-0.4, -0.2) is 50.8 Å². The van der Waals surface area contributed by atoms with Crippen LogP contribution in [0.2, 0.25) is 0 Å². The molecule has 1 heterocycles. The second kappa shape index (κ2) is 8.81. The Labute approximate surface area is 146 Å². The third kappa shape index (κ3) is 5.05. The van der Waals surface area contributed by atoms with Gasteiger partial charge >= 0.3 is 0 Å². The lowest BCUT2D eigenvalue weighted by molar-refractivity contribution is 0.196. The molecule has 5 heteroatoms. The average Bonchev–Trinajstić information content (AvgIpc) is 2.55. The van der Waals surface area contributed by atoms with E-state index in [9.17, 15) is 0 Å². The third-order valence-corrected chi connectivity index (χ3v) is 4.33. The van der Waals surface area contributed by atoms with Crippen molar-refractivity contribution in [3.8, 4) is 11.5 Å². The minimum absolute atomic E-state index is 0.0117. The predicted molar refractivity (Wildman–Crippen MR) is 99.0 cm³/mol. The summed E-state index contributed by atoms with van der Waals surface area (Å²) in [5, 5.41) is 3.45. The molecule has 0 radical (unpaired) electrons. The Kier molecular flexibility index (Phi) is 6.76. The zero-order chi connectivity index (χ0) is 17.5. The van der Waals surface area contributed by atoms with Crippen LogP contribution in [0.3, 0.4) is 0 Å². The van der Waals surface area contributed by atoms with Gasteiger partial charge in [-0.1, -0.05) is 26.0 Å². The van der Waals surface area contributed by atoms with Gasteiger partial charge in [-0.2, -0.15) is 0 Å². The van der Waals surface area contributed by atoms with Crippen LogP contribution < -0.4 is 14.8 Å². The van der Waals surface area contributed by atoms with E-state index in [1.165, 1.54) is 6.42 Å². The molecule has 0 saturated carbocycles. The fourth-order valence-corrected chi connectivity index (χ4v) is 3.38. The summed E-state index contributed by atoms with van der Waals surface area (Å²) in [5.74, 6) is 3.89. The number of rotatable bonds is 5. The molecule has 134 valence electrons. The molecule has 1 saturated heterocycles. The minimum Gasteiger partial charge on any atom is -0.493 e. The zero-order valence-electron chi connectivity index (χ0n) is 15.6. The lowest BCUT2D eigenvalue weighted by Crippen LogP contribution is -2.50. The summed E-state index contributed by atoms with van der Waals surface area (Å²) in [7, 11) is 3.50. The van der Waals surface area contributed by atoms with Crippen molar-refractivity contribution in [3.05, 3.63) is 24.3 Å². The van der Waals surface area contributed by atoms with E-state index in [1.807, 2.05) is 38.2 Å². The first kappa shape index (κ1) is 18.4. The Hall–Kier alpha value is -1.91. The largest absolute Gasteiger partial charge is 0.493 e. The van der Waals surface area contributed by atoms with Crippen molar-refractivity contribution in [1.82, 2.24) is 10.2 Å². The first-order valence-corrected chi connectivity index (χ1v) is 8.78. The number of likely N-dealkylation sites (tertiary alicyclic amines) is 1. The number of nitrogens with zero attached hydrogens (tertiary/aromatic N) is 2. The van der Waals surface area contributed by atoms with Gasteiger partial charge in [0.05, 0.1) is 13.7 Å². The summed E-state index contributed by atoms with van der Waals surface area (Å²) in [4.78, 5) is 6.80. The second-order valence-electron chi connectivity index (χ2n) is 6.86. The van der Waals surface area contributed by atoms with Gasteiger partial charge in [-0.15, -0.1) is 0 Å². The Morgan fingerprint density at radius 1 is 1.25 bits per heavy atom. The summed E-state index contributed by atoms with van der Waals surface area (Å²) in [6.07, 6.45) is 1.30. The van der Waals surface area contributed by atoms with Gasteiger partial charge < -0.3 is 19.7 Å². The van der Waals surface area contributed by atoms with E-state index < -0.39 is 0 Å². The molecule has 0 aromatic heterocycles. The molecule has 1 aliphatic heterocycles. The summed E-state index contributed by atoms with van der Waals surface area (Å²) in [5.41, 5.74) is 0. The van der Waals surface area contributed by atoms with E-state index in [4.69, 9.17) is 9.47 Å². The lowest BCUT2D eigenvalue weighted by atomic mass is 9.92. The van der Waals surface area contributed by atoms with E-state index in [-0.39, 0.29) is 6.10 Å². The van der Waals surface area contributed by atoms with Gasteiger partial charge in [-0.3, -0.25) is 4.99 Å². The highest BCUT2D eigenvalue weighted by atomic mass is 16.5. The molecule has 3 unspecified atom stereocenters. The number of benzene rings is 1. The molecule has 5 nitrogen and oxygen atoms in total. The van der Waals surface area contributed by atoms with E-state index in [1.54, 1.807) is 7.11 Å². The van der Waals surface area contributed by atoms with E-state index in [0.717, 1.165) is 30.5 Å². The van der Waals surface area contributed by atoms with E-state index in [2.05, 4.69) is 29.1 Å². The maximum Gasteiger partial charge on any atom is 0.193 e. The van der Waals surface area contributed by atoms with E-state index >= 15 is 0 Å². The Balaban J connectivity index is 1.88. The van der Waals surface area contributed by atoms with Crippen LogP contribution in [0.5, 0.6) is 11.5 Å². The zero-order valence-corrected chi connectivity index (χ0v) is 15.6. The van der Waals surface area contributed by atoms with Crippen LogP contribution in [0.1, 0.15) is 27.2 Å². The number of guanidine groups is 1. The quantitative estimate of drug-likeness (QED) is 0.665. The molecular formula is C19H31N3O2. The van der Waals surface area contributed by atoms with Gasteiger partial charge in [-0.25, -0.2) is 0 Å². The normalized spacial score (nSPS) is 22.9. The predicted octanol–water partition coefficient (Wildman–Crippen LogP) is 3.02. The van der Waals surface area contributed by atoms with Crippen molar-refractivity contribution in [3.63, 3.8) is 0 Å². The number of nitrogens with one attached hydrogen (secondary N) is 1. The fourth-order valence-electron chi connectivity index (χ4n) is 3.38. The van der Waals surface area contributed by atoms with Crippen LogP contribution in [0, 0.1) is 11.8 Å². The summed E-state index contributed by atoms with van der Waals surface area (Å²) >= 11 is 0. The number of ether oxygens (including phenoxy) is 2. The van der Waals surface area contributed by atoms with Crippen LogP contribution in [0.25, 0.3) is 0 Å².